The molecule has 0 aliphatic rings. The van der Waals surface area contributed by atoms with Crippen molar-refractivity contribution in [3.8, 4) is 17.1 Å². The van der Waals surface area contributed by atoms with Crippen molar-refractivity contribution in [3.05, 3.63) is 28.5 Å². The van der Waals surface area contributed by atoms with Crippen molar-refractivity contribution in [3.63, 3.8) is 0 Å². The first-order chi connectivity index (χ1) is 8.13. The number of aryl methyl sites for hydroxylation is 1. The molecule has 0 atom stereocenters. The van der Waals surface area contributed by atoms with Crippen molar-refractivity contribution in [1.29, 1.82) is 0 Å². The van der Waals surface area contributed by atoms with Gasteiger partial charge in [-0.25, -0.2) is 0 Å². The Morgan fingerprint density at radius 3 is 2.76 bits per heavy atom. The average Bonchev–Trinajstić information content (AvgIpc) is 2.61. The molecule has 2 N–H and O–H groups in total. The number of aromatic amines is 1. The summed E-state index contributed by atoms with van der Waals surface area (Å²) in [6.45, 7) is 2.11. The molecule has 90 valence electrons. The molecule has 5 heteroatoms. The van der Waals surface area contributed by atoms with Crippen LogP contribution in [0.2, 0.25) is 0 Å². The number of H-pyrrole nitrogens is 1. The topological polar surface area (TPSA) is 53.8 Å². The number of hydrogen-bond acceptors (Lipinski definition) is 3. The van der Waals surface area contributed by atoms with Crippen LogP contribution in [0.1, 0.15) is 18.9 Å². The van der Waals surface area contributed by atoms with E-state index in [9.17, 15) is 5.11 Å². The van der Waals surface area contributed by atoms with Gasteiger partial charge in [0.1, 0.15) is 5.75 Å². The summed E-state index contributed by atoms with van der Waals surface area (Å²) in [5.74, 6) is 0.892. The van der Waals surface area contributed by atoms with Gasteiger partial charge in [0.2, 0.25) is 0 Å². The minimum atomic E-state index is 0.244. The van der Waals surface area contributed by atoms with Crippen LogP contribution < -0.4 is 0 Å². The van der Waals surface area contributed by atoms with Crippen LogP contribution >= 0.6 is 12.2 Å². The molecule has 0 bridgehead atoms. The summed E-state index contributed by atoms with van der Waals surface area (Å²) in [6.07, 6.45) is 2.03. The van der Waals surface area contributed by atoms with Crippen molar-refractivity contribution in [1.82, 2.24) is 14.8 Å². The molecule has 4 nitrogen and oxygen atoms in total. The molecule has 0 fully saturated rings. The predicted octanol–water partition coefficient (Wildman–Crippen LogP) is 2.80. The molecule has 2 aromatic rings. The van der Waals surface area contributed by atoms with E-state index in [-0.39, 0.29) is 5.75 Å². The maximum absolute atomic E-state index is 10.0. The molecule has 0 radical (unpaired) electrons. The number of phenolic OH excluding ortho intramolecular Hbond substituents is 1. The highest BCUT2D eigenvalue weighted by atomic mass is 32.1. The van der Waals surface area contributed by atoms with Crippen LogP contribution in [-0.4, -0.2) is 19.9 Å². The van der Waals surface area contributed by atoms with Crippen LogP contribution in [0, 0.1) is 4.77 Å². The molecule has 1 heterocycles. The van der Waals surface area contributed by atoms with Crippen LogP contribution in [0.4, 0.5) is 0 Å². The first-order valence-corrected chi connectivity index (χ1v) is 5.98. The van der Waals surface area contributed by atoms with E-state index >= 15 is 0 Å². The van der Waals surface area contributed by atoms with Gasteiger partial charge in [0.25, 0.3) is 0 Å². The predicted molar refractivity (Wildman–Crippen MR) is 69.5 cm³/mol. The first kappa shape index (κ1) is 11.9. The molecule has 17 heavy (non-hydrogen) atoms. The smallest absolute Gasteiger partial charge is 0.195 e. The van der Waals surface area contributed by atoms with E-state index < -0.39 is 0 Å². The Morgan fingerprint density at radius 2 is 2.24 bits per heavy atom. The van der Waals surface area contributed by atoms with Crippen molar-refractivity contribution < 1.29 is 5.11 Å². The number of benzene rings is 1. The lowest BCUT2D eigenvalue weighted by Gasteiger charge is -2.06. The zero-order valence-corrected chi connectivity index (χ0v) is 10.7. The maximum Gasteiger partial charge on any atom is 0.195 e. The third-order valence-electron chi connectivity index (χ3n) is 2.72. The van der Waals surface area contributed by atoms with E-state index in [1.807, 2.05) is 19.2 Å². The van der Waals surface area contributed by atoms with E-state index in [1.165, 1.54) is 0 Å². The van der Waals surface area contributed by atoms with E-state index in [2.05, 4.69) is 17.1 Å². The summed E-state index contributed by atoms with van der Waals surface area (Å²) in [6, 6.07) is 5.68. The molecule has 0 saturated heterocycles. The van der Waals surface area contributed by atoms with Gasteiger partial charge >= 0.3 is 0 Å². The van der Waals surface area contributed by atoms with Crippen LogP contribution in [-0.2, 0) is 13.5 Å². The van der Waals surface area contributed by atoms with Crippen molar-refractivity contribution >= 4 is 12.2 Å². The van der Waals surface area contributed by atoms with Gasteiger partial charge < -0.3 is 9.67 Å². The molecule has 1 aromatic carbocycles. The number of aromatic hydroxyl groups is 1. The summed E-state index contributed by atoms with van der Waals surface area (Å²) in [5.41, 5.74) is 1.82. The van der Waals surface area contributed by atoms with Gasteiger partial charge in [0, 0.05) is 7.05 Å². The normalized spacial score (nSPS) is 10.7. The average molecular weight is 249 g/mol. The Bertz CT molecular complexity index is 586. The standard InChI is InChI=1S/C12H15N3OS/c1-3-4-8-5-6-9(10(16)7-8)11-13-14-12(17)15(11)2/h5-7,16H,3-4H2,1-2H3,(H,14,17). The van der Waals surface area contributed by atoms with Crippen LogP contribution in [0.15, 0.2) is 18.2 Å². The van der Waals surface area contributed by atoms with Crippen molar-refractivity contribution in [2.45, 2.75) is 19.8 Å². The molecule has 0 amide bonds. The minimum absolute atomic E-state index is 0.244. The number of rotatable bonds is 3. The third kappa shape index (κ3) is 2.24. The van der Waals surface area contributed by atoms with Gasteiger partial charge in [-0.1, -0.05) is 19.4 Å². The number of phenols is 1. The summed E-state index contributed by atoms with van der Waals surface area (Å²) in [7, 11) is 1.82. The van der Waals surface area contributed by atoms with Gasteiger partial charge in [-0.3, -0.25) is 5.10 Å². The highest BCUT2D eigenvalue weighted by Crippen LogP contribution is 2.28. The second kappa shape index (κ2) is 4.71. The Morgan fingerprint density at radius 1 is 1.47 bits per heavy atom. The van der Waals surface area contributed by atoms with E-state index in [0.717, 1.165) is 18.4 Å². The van der Waals surface area contributed by atoms with Crippen LogP contribution in [0.5, 0.6) is 5.75 Å². The Hall–Kier alpha value is -1.62. The molecular formula is C12H15N3OS. The number of nitrogens with one attached hydrogen (secondary N) is 1. The quantitative estimate of drug-likeness (QED) is 0.822. The molecule has 0 spiro atoms. The Labute approximate surface area is 105 Å². The molecule has 1 aromatic heterocycles. The zero-order chi connectivity index (χ0) is 12.4. The zero-order valence-electron chi connectivity index (χ0n) is 9.90. The van der Waals surface area contributed by atoms with Crippen molar-refractivity contribution in [2.75, 3.05) is 0 Å². The van der Waals surface area contributed by atoms with Crippen molar-refractivity contribution in [2.24, 2.45) is 7.05 Å². The first-order valence-electron chi connectivity index (χ1n) is 5.57. The number of nitrogens with zero attached hydrogens (tertiary/aromatic N) is 2. The lowest BCUT2D eigenvalue weighted by molar-refractivity contribution is 0.475. The molecule has 0 saturated carbocycles. The Kier molecular flexibility index (Phi) is 3.28. The summed E-state index contributed by atoms with van der Waals surface area (Å²) in [4.78, 5) is 0. The monoisotopic (exact) mass is 249 g/mol. The largest absolute Gasteiger partial charge is 0.507 e. The fourth-order valence-electron chi connectivity index (χ4n) is 1.80. The lowest BCUT2D eigenvalue weighted by Crippen LogP contribution is -1.93. The van der Waals surface area contributed by atoms with E-state index in [1.54, 1.807) is 10.6 Å². The lowest BCUT2D eigenvalue weighted by atomic mass is 10.1. The molecular weight excluding hydrogens is 234 g/mol. The molecule has 2 rings (SSSR count). The summed E-state index contributed by atoms with van der Waals surface area (Å²) >= 11 is 5.05. The second-order valence-corrected chi connectivity index (χ2v) is 4.40. The van der Waals surface area contributed by atoms with Crippen LogP contribution in [0.3, 0.4) is 0 Å². The SMILES string of the molecule is CCCc1ccc(-c2n[nH]c(=S)n2C)c(O)c1. The van der Waals surface area contributed by atoms with Gasteiger partial charge in [-0.15, -0.1) is 0 Å². The number of aromatic nitrogens is 3. The Balaban J connectivity index is 2.47. The minimum Gasteiger partial charge on any atom is -0.507 e. The van der Waals surface area contributed by atoms with Gasteiger partial charge in [0.05, 0.1) is 5.56 Å². The summed E-state index contributed by atoms with van der Waals surface area (Å²) in [5, 5.41) is 16.8. The fraction of sp³-hybridized carbons (Fsp3) is 0.333. The van der Waals surface area contributed by atoms with Gasteiger partial charge in [-0.2, -0.15) is 5.10 Å². The van der Waals surface area contributed by atoms with Gasteiger partial charge in [0.15, 0.2) is 10.6 Å². The third-order valence-corrected chi connectivity index (χ3v) is 3.09. The highest BCUT2D eigenvalue weighted by molar-refractivity contribution is 7.71. The van der Waals surface area contributed by atoms with Gasteiger partial charge in [-0.05, 0) is 36.3 Å². The van der Waals surface area contributed by atoms with E-state index in [0.29, 0.717) is 16.2 Å². The summed E-state index contributed by atoms with van der Waals surface area (Å²) < 4.78 is 2.28. The molecule has 0 aliphatic heterocycles. The van der Waals surface area contributed by atoms with Crippen LogP contribution in [0.25, 0.3) is 11.4 Å². The molecule has 0 unspecified atom stereocenters. The fourth-order valence-corrected chi connectivity index (χ4v) is 1.93. The van der Waals surface area contributed by atoms with E-state index in [4.69, 9.17) is 12.2 Å². The highest BCUT2D eigenvalue weighted by Gasteiger charge is 2.10. The number of hydrogen-bond donors (Lipinski definition) is 2. The molecule has 0 aliphatic carbocycles. The second-order valence-electron chi connectivity index (χ2n) is 4.01. The maximum atomic E-state index is 10.0.